The SMILES string of the molecule is CNCCN(C)CC(C)c1cc(Cl)c(-c2ccccc2F)nc1C(C)(C=O)C1CC1. The van der Waals surface area contributed by atoms with Gasteiger partial charge in [0.15, 0.2) is 0 Å². The van der Waals surface area contributed by atoms with Crippen molar-refractivity contribution in [1.29, 1.82) is 0 Å². The summed E-state index contributed by atoms with van der Waals surface area (Å²) in [7, 11) is 4.02. The Morgan fingerprint density at radius 2 is 2.10 bits per heavy atom. The minimum absolute atomic E-state index is 0.125. The van der Waals surface area contributed by atoms with Gasteiger partial charge in [-0.2, -0.15) is 0 Å². The Hall–Kier alpha value is -1.82. The fourth-order valence-corrected chi connectivity index (χ4v) is 4.40. The molecule has 0 amide bonds. The predicted octanol–water partition coefficient (Wildman–Crippen LogP) is 4.66. The standard InChI is InChI=1S/C24H31ClFN3O/c1-16(14-29(4)12-11-27-3)19-13-20(25)22(18-7-5-6-8-21(18)26)28-23(19)24(2,15-30)17-9-10-17/h5-8,13,15-17,27H,9-12,14H2,1-4H3. The average Bonchev–Trinajstić information content (AvgIpc) is 3.58. The van der Waals surface area contributed by atoms with Crippen LogP contribution in [0.5, 0.6) is 0 Å². The van der Waals surface area contributed by atoms with Gasteiger partial charge in [0.05, 0.1) is 21.8 Å². The number of nitrogens with one attached hydrogen (secondary N) is 1. The van der Waals surface area contributed by atoms with Gasteiger partial charge < -0.3 is 15.0 Å². The lowest BCUT2D eigenvalue weighted by atomic mass is 9.78. The molecule has 162 valence electrons. The number of likely N-dealkylation sites (N-methyl/N-ethyl adjacent to an activating group) is 2. The first-order valence-corrected chi connectivity index (χ1v) is 10.9. The number of hydrogen-bond acceptors (Lipinski definition) is 4. The number of pyridine rings is 1. The number of aldehydes is 1. The van der Waals surface area contributed by atoms with Crippen molar-refractivity contribution in [3.63, 3.8) is 0 Å². The first-order valence-electron chi connectivity index (χ1n) is 10.6. The third-order valence-corrected chi connectivity index (χ3v) is 6.46. The minimum atomic E-state index is -0.697. The first-order chi connectivity index (χ1) is 14.3. The van der Waals surface area contributed by atoms with Crippen LogP contribution in [0.25, 0.3) is 11.3 Å². The second-order valence-corrected chi connectivity index (χ2v) is 9.09. The molecule has 2 aromatic rings. The van der Waals surface area contributed by atoms with Crippen molar-refractivity contribution in [2.24, 2.45) is 5.92 Å². The number of rotatable bonds is 10. The summed E-state index contributed by atoms with van der Waals surface area (Å²) in [4.78, 5) is 19.4. The van der Waals surface area contributed by atoms with E-state index in [0.717, 1.165) is 50.0 Å². The maximum absolute atomic E-state index is 14.5. The van der Waals surface area contributed by atoms with Crippen molar-refractivity contribution in [3.05, 3.63) is 52.4 Å². The van der Waals surface area contributed by atoms with Crippen molar-refractivity contribution < 1.29 is 9.18 Å². The van der Waals surface area contributed by atoms with Crippen LogP contribution in [0.4, 0.5) is 4.39 Å². The Morgan fingerprint density at radius 3 is 2.70 bits per heavy atom. The number of aromatic nitrogens is 1. The summed E-state index contributed by atoms with van der Waals surface area (Å²) in [5.74, 6) is 0.0225. The maximum atomic E-state index is 14.5. The minimum Gasteiger partial charge on any atom is -0.318 e. The Labute approximate surface area is 183 Å². The highest BCUT2D eigenvalue weighted by atomic mass is 35.5. The molecule has 1 aromatic heterocycles. The smallest absolute Gasteiger partial charge is 0.132 e. The number of carbonyl (C=O) groups excluding carboxylic acids is 1. The molecule has 30 heavy (non-hydrogen) atoms. The van der Waals surface area contributed by atoms with Crippen molar-refractivity contribution in [3.8, 4) is 11.3 Å². The Kier molecular flexibility index (Phi) is 7.27. The van der Waals surface area contributed by atoms with Gasteiger partial charge >= 0.3 is 0 Å². The molecule has 1 aliphatic carbocycles. The van der Waals surface area contributed by atoms with E-state index in [4.69, 9.17) is 16.6 Å². The second kappa shape index (κ2) is 9.54. The van der Waals surface area contributed by atoms with E-state index in [1.807, 2.05) is 20.0 Å². The van der Waals surface area contributed by atoms with Crippen molar-refractivity contribution in [2.75, 3.05) is 33.7 Å². The molecule has 2 unspecified atom stereocenters. The fourth-order valence-electron chi connectivity index (χ4n) is 4.14. The molecular formula is C24H31ClFN3O. The lowest BCUT2D eigenvalue weighted by Gasteiger charge is -2.30. The van der Waals surface area contributed by atoms with Gasteiger partial charge in [0.1, 0.15) is 12.1 Å². The van der Waals surface area contributed by atoms with Crippen LogP contribution in [0.15, 0.2) is 30.3 Å². The quantitative estimate of drug-likeness (QED) is 0.555. The third-order valence-electron chi connectivity index (χ3n) is 6.17. The highest BCUT2D eigenvalue weighted by molar-refractivity contribution is 6.33. The van der Waals surface area contributed by atoms with E-state index in [2.05, 4.69) is 24.2 Å². The van der Waals surface area contributed by atoms with Gasteiger partial charge in [0.2, 0.25) is 0 Å². The molecule has 0 bridgehead atoms. The molecule has 4 nitrogen and oxygen atoms in total. The third kappa shape index (κ3) is 4.74. The number of hydrogen-bond donors (Lipinski definition) is 1. The summed E-state index contributed by atoms with van der Waals surface area (Å²) in [6, 6.07) is 8.39. The second-order valence-electron chi connectivity index (χ2n) is 8.68. The van der Waals surface area contributed by atoms with Crippen molar-refractivity contribution in [2.45, 2.75) is 38.0 Å². The molecule has 1 saturated carbocycles. The summed E-state index contributed by atoms with van der Waals surface area (Å²) in [6.07, 6.45) is 3.03. The summed E-state index contributed by atoms with van der Waals surface area (Å²) < 4.78 is 14.5. The van der Waals surface area contributed by atoms with E-state index in [1.54, 1.807) is 18.2 Å². The van der Waals surface area contributed by atoms with Crippen LogP contribution in [0.3, 0.4) is 0 Å². The van der Waals surface area contributed by atoms with Gasteiger partial charge in [0.25, 0.3) is 0 Å². The molecule has 6 heteroatoms. The van der Waals surface area contributed by atoms with Crippen LogP contribution in [-0.4, -0.2) is 49.9 Å². The number of benzene rings is 1. The normalized spacial score (nSPS) is 17.0. The summed E-state index contributed by atoms with van der Waals surface area (Å²) in [5, 5.41) is 3.57. The zero-order valence-corrected chi connectivity index (χ0v) is 19.0. The van der Waals surface area contributed by atoms with Gasteiger partial charge in [-0.15, -0.1) is 0 Å². The van der Waals surface area contributed by atoms with Crippen molar-refractivity contribution >= 4 is 17.9 Å². The van der Waals surface area contributed by atoms with E-state index in [-0.39, 0.29) is 17.7 Å². The molecule has 1 aromatic carbocycles. The molecule has 3 rings (SSSR count). The molecule has 1 N–H and O–H groups in total. The Balaban J connectivity index is 2.08. The fraction of sp³-hybridized carbons (Fsp3) is 0.500. The van der Waals surface area contributed by atoms with E-state index < -0.39 is 5.41 Å². The number of carbonyl (C=O) groups is 1. The van der Waals surface area contributed by atoms with Gasteiger partial charge in [-0.1, -0.05) is 30.7 Å². The van der Waals surface area contributed by atoms with Crippen LogP contribution >= 0.6 is 11.6 Å². The van der Waals surface area contributed by atoms with Gasteiger partial charge in [0, 0.05) is 25.2 Å². The predicted molar refractivity (Wildman–Crippen MR) is 121 cm³/mol. The van der Waals surface area contributed by atoms with Crippen LogP contribution in [0, 0.1) is 11.7 Å². The molecule has 2 atom stereocenters. The zero-order chi connectivity index (χ0) is 21.9. The summed E-state index contributed by atoms with van der Waals surface area (Å²) >= 11 is 6.62. The molecule has 1 fully saturated rings. The number of nitrogens with zero attached hydrogens (tertiary/aromatic N) is 2. The largest absolute Gasteiger partial charge is 0.318 e. The van der Waals surface area contributed by atoms with Crippen LogP contribution in [-0.2, 0) is 10.2 Å². The lowest BCUT2D eigenvalue weighted by molar-refractivity contribution is -0.112. The molecule has 1 aliphatic rings. The van der Waals surface area contributed by atoms with Crippen LogP contribution < -0.4 is 5.32 Å². The Morgan fingerprint density at radius 1 is 1.40 bits per heavy atom. The summed E-state index contributed by atoms with van der Waals surface area (Å²) in [6.45, 7) is 6.71. The average molecular weight is 432 g/mol. The molecule has 0 radical (unpaired) electrons. The summed E-state index contributed by atoms with van der Waals surface area (Å²) in [5.41, 5.74) is 1.77. The highest BCUT2D eigenvalue weighted by Gasteiger charge is 2.45. The van der Waals surface area contributed by atoms with E-state index in [1.165, 1.54) is 6.07 Å². The molecule has 0 saturated heterocycles. The van der Waals surface area contributed by atoms with E-state index in [9.17, 15) is 9.18 Å². The first kappa shape index (κ1) is 22.9. The van der Waals surface area contributed by atoms with Gasteiger partial charge in [-0.05, 0) is 69.5 Å². The Bertz CT molecular complexity index is 902. The zero-order valence-electron chi connectivity index (χ0n) is 18.2. The monoisotopic (exact) mass is 431 g/mol. The highest BCUT2D eigenvalue weighted by Crippen LogP contribution is 2.48. The molecule has 0 spiro atoms. The van der Waals surface area contributed by atoms with Crippen molar-refractivity contribution in [1.82, 2.24) is 15.2 Å². The topological polar surface area (TPSA) is 45.2 Å². The lowest BCUT2D eigenvalue weighted by Crippen LogP contribution is -2.33. The van der Waals surface area contributed by atoms with Crippen LogP contribution in [0.1, 0.15) is 43.9 Å². The number of halogens is 2. The molecular weight excluding hydrogens is 401 g/mol. The van der Waals surface area contributed by atoms with E-state index >= 15 is 0 Å². The van der Waals surface area contributed by atoms with E-state index in [0.29, 0.717) is 16.3 Å². The van der Waals surface area contributed by atoms with Gasteiger partial charge in [-0.25, -0.2) is 9.37 Å². The maximum Gasteiger partial charge on any atom is 0.132 e. The van der Waals surface area contributed by atoms with Crippen LogP contribution in [0.2, 0.25) is 5.02 Å². The molecule has 1 heterocycles. The molecule has 0 aliphatic heterocycles. The van der Waals surface area contributed by atoms with Gasteiger partial charge in [-0.3, -0.25) is 0 Å².